The zero-order valence-electron chi connectivity index (χ0n) is 13.3. The van der Waals surface area contributed by atoms with Crippen molar-refractivity contribution in [3.8, 4) is 0 Å². The number of thiophene rings is 1. The van der Waals surface area contributed by atoms with E-state index in [0.717, 1.165) is 4.88 Å². The van der Waals surface area contributed by atoms with Crippen LogP contribution in [-0.2, 0) is 0 Å². The van der Waals surface area contributed by atoms with Crippen LogP contribution in [0.25, 0.3) is 10.9 Å². The molecule has 0 saturated carbocycles. The summed E-state index contributed by atoms with van der Waals surface area (Å²) in [7, 11) is 1.76. The van der Waals surface area contributed by atoms with Gasteiger partial charge in [0.25, 0.3) is 5.91 Å². The van der Waals surface area contributed by atoms with E-state index in [2.05, 4.69) is 4.98 Å². The fourth-order valence-electron chi connectivity index (χ4n) is 2.55. The first-order valence-electron chi connectivity index (χ1n) is 7.43. The molecule has 0 bridgehead atoms. The number of H-pyrrole nitrogens is 1. The second kappa shape index (κ2) is 6.01. The maximum absolute atomic E-state index is 12.7. The zero-order chi connectivity index (χ0) is 16.6. The van der Waals surface area contributed by atoms with Gasteiger partial charge in [-0.1, -0.05) is 12.1 Å². The molecule has 118 valence electrons. The number of nitrogens with zero attached hydrogens (tertiary/aromatic N) is 1. The largest absolute Gasteiger partial charge is 0.350 e. The molecule has 2 heterocycles. The minimum absolute atomic E-state index is 0.0452. The number of carbonyl (C=O) groups is 1. The molecule has 0 saturated heterocycles. The normalized spacial score (nSPS) is 12.3. The molecular weight excluding hydrogens is 308 g/mol. The summed E-state index contributed by atoms with van der Waals surface area (Å²) in [5.41, 5.74) is 0.850. The molecule has 0 aliphatic heterocycles. The Morgan fingerprint density at radius 2 is 1.96 bits per heavy atom. The standard InChI is InChI=1S/C18H18N2O2S/c1-11-8-9-17(23-11)12(2)20(3)18(22)15-10-16(21)13-6-4-5-7-14(13)19-15/h4-10,12H,1-3H3,(H,19,21)/t12-/m0/s1. The summed E-state index contributed by atoms with van der Waals surface area (Å²) >= 11 is 1.68. The van der Waals surface area contributed by atoms with Crippen molar-refractivity contribution in [3.63, 3.8) is 0 Å². The molecule has 4 nitrogen and oxygen atoms in total. The highest BCUT2D eigenvalue weighted by atomic mass is 32.1. The lowest BCUT2D eigenvalue weighted by molar-refractivity contribution is 0.0739. The van der Waals surface area contributed by atoms with Gasteiger partial charge in [-0.2, -0.15) is 0 Å². The summed E-state index contributed by atoms with van der Waals surface area (Å²) in [6.07, 6.45) is 0. The first kappa shape index (κ1) is 15.5. The molecule has 3 aromatic rings. The third kappa shape index (κ3) is 2.92. The van der Waals surface area contributed by atoms with Crippen molar-refractivity contribution >= 4 is 28.1 Å². The molecule has 1 N–H and O–H groups in total. The Hall–Kier alpha value is -2.40. The molecule has 1 amide bonds. The van der Waals surface area contributed by atoms with Crippen LogP contribution >= 0.6 is 11.3 Å². The van der Waals surface area contributed by atoms with Gasteiger partial charge in [0.05, 0.1) is 6.04 Å². The first-order valence-corrected chi connectivity index (χ1v) is 8.24. The van der Waals surface area contributed by atoms with Gasteiger partial charge in [0.1, 0.15) is 5.69 Å². The third-order valence-corrected chi connectivity index (χ3v) is 5.21. The Kier molecular flexibility index (Phi) is 4.05. The van der Waals surface area contributed by atoms with Crippen LogP contribution in [0.15, 0.2) is 47.3 Å². The predicted molar refractivity (Wildman–Crippen MR) is 94.1 cm³/mol. The number of hydrogen-bond donors (Lipinski definition) is 1. The van der Waals surface area contributed by atoms with Crippen molar-refractivity contribution in [1.82, 2.24) is 9.88 Å². The highest BCUT2D eigenvalue weighted by Crippen LogP contribution is 2.27. The van der Waals surface area contributed by atoms with Gasteiger partial charge in [-0.25, -0.2) is 0 Å². The number of aryl methyl sites for hydroxylation is 1. The summed E-state index contributed by atoms with van der Waals surface area (Å²) < 4.78 is 0. The molecule has 5 heteroatoms. The summed E-state index contributed by atoms with van der Waals surface area (Å²) in [5.74, 6) is -0.189. The Morgan fingerprint density at radius 3 is 2.65 bits per heavy atom. The van der Waals surface area contributed by atoms with Gasteiger partial charge in [-0.05, 0) is 38.1 Å². The molecule has 1 atom stereocenters. The highest BCUT2D eigenvalue weighted by molar-refractivity contribution is 7.12. The van der Waals surface area contributed by atoms with E-state index in [1.54, 1.807) is 35.4 Å². The Bertz CT molecular complexity index is 926. The Morgan fingerprint density at radius 1 is 1.22 bits per heavy atom. The number of carbonyl (C=O) groups excluding carboxylic acids is 1. The fourth-order valence-corrected chi connectivity index (χ4v) is 3.52. The molecular formula is C18H18N2O2S. The van der Waals surface area contributed by atoms with Gasteiger partial charge in [-0.15, -0.1) is 11.3 Å². The molecule has 0 unspecified atom stereocenters. The van der Waals surface area contributed by atoms with E-state index in [0.29, 0.717) is 16.6 Å². The highest BCUT2D eigenvalue weighted by Gasteiger charge is 2.21. The lowest BCUT2D eigenvalue weighted by Crippen LogP contribution is -2.30. The fraction of sp³-hybridized carbons (Fsp3) is 0.222. The van der Waals surface area contributed by atoms with Gasteiger partial charge in [0.2, 0.25) is 0 Å². The smallest absolute Gasteiger partial charge is 0.270 e. The first-order chi connectivity index (χ1) is 11.0. The van der Waals surface area contributed by atoms with Crippen molar-refractivity contribution in [3.05, 3.63) is 68.1 Å². The number of rotatable bonds is 3. The number of pyridine rings is 1. The van der Waals surface area contributed by atoms with Gasteiger partial charge in [0, 0.05) is 33.8 Å². The lowest BCUT2D eigenvalue weighted by Gasteiger charge is -2.24. The molecule has 0 radical (unpaired) electrons. The number of nitrogens with one attached hydrogen (secondary N) is 1. The Balaban J connectivity index is 1.95. The number of fused-ring (bicyclic) bond motifs is 1. The second-order valence-corrected chi connectivity index (χ2v) is 6.95. The zero-order valence-corrected chi connectivity index (χ0v) is 14.1. The van der Waals surface area contributed by atoms with E-state index >= 15 is 0 Å². The molecule has 2 aromatic heterocycles. The third-order valence-electron chi connectivity index (χ3n) is 4.04. The SMILES string of the molecule is Cc1ccc([C@H](C)N(C)C(=O)c2cc(=O)c3ccccc3[nH]2)s1. The predicted octanol–water partition coefficient (Wildman–Crippen LogP) is 3.73. The second-order valence-electron chi connectivity index (χ2n) is 5.63. The van der Waals surface area contributed by atoms with Gasteiger partial charge in [0.15, 0.2) is 5.43 Å². The summed E-state index contributed by atoms with van der Waals surface area (Å²) in [4.78, 5) is 32.0. The van der Waals surface area contributed by atoms with Crippen LogP contribution in [0.4, 0.5) is 0 Å². The van der Waals surface area contributed by atoms with E-state index in [1.807, 2.05) is 38.1 Å². The molecule has 1 aromatic carbocycles. The molecule has 3 rings (SSSR count). The van der Waals surface area contributed by atoms with Crippen LogP contribution in [0, 0.1) is 6.92 Å². The molecule has 23 heavy (non-hydrogen) atoms. The van der Waals surface area contributed by atoms with Crippen LogP contribution in [0.1, 0.15) is 33.2 Å². The minimum atomic E-state index is -0.189. The van der Waals surface area contributed by atoms with E-state index in [9.17, 15) is 9.59 Å². The topological polar surface area (TPSA) is 53.2 Å². The van der Waals surface area contributed by atoms with Crippen molar-refractivity contribution in [2.75, 3.05) is 7.05 Å². The maximum atomic E-state index is 12.7. The summed E-state index contributed by atoms with van der Waals surface area (Å²) in [6, 6.07) is 12.6. The van der Waals surface area contributed by atoms with Crippen LogP contribution in [0.5, 0.6) is 0 Å². The van der Waals surface area contributed by atoms with Crippen LogP contribution in [-0.4, -0.2) is 22.8 Å². The molecule has 0 aliphatic rings. The van der Waals surface area contributed by atoms with E-state index in [-0.39, 0.29) is 17.4 Å². The minimum Gasteiger partial charge on any atom is -0.350 e. The number of amides is 1. The average Bonchev–Trinajstić information content (AvgIpc) is 2.99. The monoisotopic (exact) mass is 326 g/mol. The van der Waals surface area contributed by atoms with Gasteiger partial charge in [-0.3, -0.25) is 9.59 Å². The van der Waals surface area contributed by atoms with E-state index in [1.165, 1.54) is 10.9 Å². The van der Waals surface area contributed by atoms with Gasteiger partial charge < -0.3 is 9.88 Å². The van der Waals surface area contributed by atoms with Crippen molar-refractivity contribution in [1.29, 1.82) is 0 Å². The maximum Gasteiger partial charge on any atom is 0.270 e. The molecule has 0 fully saturated rings. The van der Waals surface area contributed by atoms with E-state index < -0.39 is 0 Å². The number of para-hydroxylation sites is 1. The van der Waals surface area contributed by atoms with Gasteiger partial charge >= 0.3 is 0 Å². The van der Waals surface area contributed by atoms with Crippen molar-refractivity contribution < 1.29 is 4.79 Å². The number of aromatic amines is 1. The molecule has 0 aliphatic carbocycles. The Labute approximate surface area is 138 Å². The molecule has 0 spiro atoms. The lowest BCUT2D eigenvalue weighted by atomic mass is 10.1. The van der Waals surface area contributed by atoms with Crippen molar-refractivity contribution in [2.45, 2.75) is 19.9 Å². The van der Waals surface area contributed by atoms with Crippen LogP contribution < -0.4 is 5.43 Å². The van der Waals surface area contributed by atoms with Crippen molar-refractivity contribution in [2.24, 2.45) is 0 Å². The number of benzene rings is 1. The summed E-state index contributed by atoms with van der Waals surface area (Å²) in [5, 5.41) is 0.591. The summed E-state index contributed by atoms with van der Waals surface area (Å²) in [6.45, 7) is 4.03. The van der Waals surface area contributed by atoms with Crippen LogP contribution in [0.2, 0.25) is 0 Å². The quantitative estimate of drug-likeness (QED) is 0.797. The number of aromatic nitrogens is 1. The van der Waals surface area contributed by atoms with Crippen LogP contribution in [0.3, 0.4) is 0 Å². The average molecular weight is 326 g/mol. The number of hydrogen-bond acceptors (Lipinski definition) is 3. The van der Waals surface area contributed by atoms with E-state index in [4.69, 9.17) is 0 Å².